The lowest BCUT2D eigenvalue weighted by molar-refractivity contribution is -0.122. The van der Waals surface area contributed by atoms with E-state index in [1.165, 1.54) is 17.5 Å². The number of benzene rings is 2. The SMILES string of the molecule is N[C@@H](Cc1cn(Cc2ccccc2)cn1)C(=O)NCC1(c2ccccc2)CCC1. The molecule has 2 aromatic carbocycles. The summed E-state index contributed by atoms with van der Waals surface area (Å²) in [6.45, 7) is 1.40. The first-order valence-electron chi connectivity index (χ1n) is 10.3. The number of imidazole rings is 1. The second-order valence-corrected chi connectivity index (χ2v) is 8.05. The highest BCUT2D eigenvalue weighted by atomic mass is 16.2. The number of carbonyl (C=O) groups excluding carboxylic acids is 1. The van der Waals surface area contributed by atoms with Gasteiger partial charge in [-0.25, -0.2) is 4.98 Å². The normalized spacial score (nSPS) is 16.0. The maximum Gasteiger partial charge on any atom is 0.237 e. The molecule has 1 aliphatic carbocycles. The fourth-order valence-corrected chi connectivity index (χ4v) is 4.06. The zero-order valence-electron chi connectivity index (χ0n) is 16.6. The number of nitrogens with one attached hydrogen (secondary N) is 1. The van der Waals surface area contributed by atoms with Crippen LogP contribution >= 0.6 is 0 Å². The van der Waals surface area contributed by atoms with Crippen LogP contribution in [0.2, 0.25) is 0 Å². The molecule has 5 nitrogen and oxygen atoms in total. The molecule has 1 amide bonds. The van der Waals surface area contributed by atoms with E-state index in [1.807, 2.05) is 35.0 Å². The summed E-state index contributed by atoms with van der Waals surface area (Å²) in [5.74, 6) is -0.107. The highest BCUT2D eigenvalue weighted by Gasteiger charge is 2.38. The molecule has 1 aromatic heterocycles. The van der Waals surface area contributed by atoms with E-state index in [2.05, 4.69) is 46.7 Å². The van der Waals surface area contributed by atoms with Crippen molar-refractivity contribution in [2.45, 2.75) is 43.7 Å². The molecule has 0 unspecified atom stereocenters. The summed E-state index contributed by atoms with van der Waals surface area (Å²) in [4.78, 5) is 17.0. The third kappa shape index (κ3) is 4.57. The van der Waals surface area contributed by atoms with Crippen molar-refractivity contribution in [1.82, 2.24) is 14.9 Å². The van der Waals surface area contributed by atoms with E-state index in [0.29, 0.717) is 13.0 Å². The predicted molar refractivity (Wildman–Crippen MR) is 114 cm³/mol. The third-order valence-electron chi connectivity index (χ3n) is 5.96. The first-order chi connectivity index (χ1) is 14.1. The van der Waals surface area contributed by atoms with Gasteiger partial charge in [-0.2, -0.15) is 0 Å². The van der Waals surface area contributed by atoms with Crippen LogP contribution in [-0.2, 0) is 23.2 Å². The summed E-state index contributed by atoms with van der Waals surface area (Å²) in [7, 11) is 0. The molecule has 0 bridgehead atoms. The van der Waals surface area contributed by atoms with Gasteiger partial charge in [0, 0.05) is 31.1 Å². The van der Waals surface area contributed by atoms with Crippen LogP contribution in [0.1, 0.15) is 36.1 Å². The van der Waals surface area contributed by atoms with Crippen LogP contribution in [0.4, 0.5) is 0 Å². The van der Waals surface area contributed by atoms with Gasteiger partial charge < -0.3 is 15.6 Å². The Bertz CT molecular complexity index is 932. The Hall–Kier alpha value is -2.92. The highest BCUT2D eigenvalue weighted by molar-refractivity contribution is 5.81. The summed E-state index contributed by atoms with van der Waals surface area (Å²) < 4.78 is 2.02. The second-order valence-electron chi connectivity index (χ2n) is 8.05. The Balaban J connectivity index is 1.31. The van der Waals surface area contributed by atoms with Crippen molar-refractivity contribution in [1.29, 1.82) is 0 Å². The monoisotopic (exact) mass is 388 g/mol. The molecule has 1 saturated carbocycles. The molecule has 0 saturated heterocycles. The molecule has 3 N–H and O–H groups in total. The maximum absolute atomic E-state index is 12.6. The number of carbonyl (C=O) groups is 1. The molecule has 5 heteroatoms. The molecule has 1 aliphatic rings. The number of aromatic nitrogens is 2. The minimum atomic E-state index is -0.594. The summed E-state index contributed by atoms with van der Waals surface area (Å²) in [5.41, 5.74) is 9.60. The lowest BCUT2D eigenvalue weighted by Crippen LogP contribution is -2.50. The summed E-state index contributed by atoms with van der Waals surface area (Å²) >= 11 is 0. The Morgan fingerprint density at radius 3 is 2.45 bits per heavy atom. The number of nitrogens with zero attached hydrogens (tertiary/aromatic N) is 2. The predicted octanol–water partition coefficient (Wildman–Crippen LogP) is 3.04. The van der Waals surface area contributed by atoms with Gasteiger partial charge in [-0.15, -0.1) is 0 Å². The minimum absolute atomic E-state index is 0.0634. The zero-order valence-corrected chi connectivity index (χ0v) is 16.6. The van der Waals surface area contributed by atoms with E-state index in [0.717, 1.165) is 25.1 Å². The number of hydrogen-bond donors (Lipinski definition) is 2. The number of amides is 1. The van der Waals surface area contributed by atoms with Crippen molar-refractivity contribution < 1.29 is 4.79 Å². The molecular formula is C24H28N4O. The summed E-state index contributed by atoms with van der Waals surface area (Å²) in [5, 5.41) is 3.09. The van der Waals surface area contributed by atoms with Crippen molar-refractivity contribution in [2.24, 2.45) is 5.73 Å². The van der Waals surface area contributed by atoms with Gasteiger partial charge in [-0.3, -0.25) is 4.79 Å². The van der Waals surface area contributed by atoms with Gasteiger partial charge >= 0.3 is 0 Å². The van der Waals surface area contributed by atoms with Crippen LogP contribution in [0.15, 0.2) is 73.2 Å². The summed E-state index contributed by atoms with van der Waals surface area (Å²) in [6, 6.07) is 20.1. The van der Waals surface area contributed by atoms with Crippen LogP contribution in [0.3, 0.4) is 0 Å². The summed E-state index contributed by atoms with van der Waals surface area (Å²) in [6.07, 6.45) is 7.62. The molecule has 0 radical (unpaired) electrons. The first-order valence-corrected chi connectivity index (χ1v) is 10.3. The van der Waals surface area contributed by atoms with Gasteiger partial charge in [0.05, 0.1) is 18.1 Å². The van der Waals surface area contributed by atoms with E-state index in [-0.39, 0.29) is 11.3 Å². The molecule has 3 aromatic rings. The molecule has 1 fully saturated rings. The van der Waals surface area contributed by atoms with Crippen LogP contribution in [0.25, 0.3) is 0 Å². The Morgan fingerprint density at radius 2 is 1.79 bits per heavy atom. The quantitative estimate of drug-likeness (QED) is 0.623. The van der Waals surface area contributed by atoms with E-state index >= 15 is 0 Å². The maximum atomic E-state index is 12.6. The van der Waals surface area contributed by atoms with Crippen LogP contribution in [-0.4, -0.2) is 28.0 Å². The molecule has 1 heterocycles. The zero-order chi connectivity index (χ0) is 20.1. The Labute approximate surface area is 172 Å². The Kier molecular flexibility index (Phi) is 5.76. The van der Waals surface area contributed by atoms with E-state index in [1.54, 1.807) is 6.33 Å². The van der Waals surface area contributed by atoms with E-state index in [4.69, 9.17) is 5.73 Å². The third-order valence-corrected chi connectivity index (χ3v) is 5.96. The molecule has 4 rings (SSSR count). The fourth-order valence-electron chi connectivity index (χ4n) is 4.06. The topological polar surface area (TPSA) is 72.9 Å². The van der Waals surface area contributed by atoms with Crippen LogP contribution < -0.4 is 11.1 Å². The van der Waals surface area contributed by atoms with Gasteiger partial charge in [-0.05, 0) is 24.0 Å². The number of hydrogen-bond acceptors (Lipinski definition) is 3. The molecule has 0 aliphatic heterocycles. The van der Waals surface area contributed by atoms with Crippen molar-refractivity contribution in [3.05, 3.63) is 90.0 Å². The smallest absolute Gasteiger partial charge is 0.237 e. The van der Waals surface area contributed by atoms with E-state index < -0.39 is 6.04 Å². The largest absolute Gasteiger partial charge is 0.354 e. The highest BCUT2D eigenvalue weighted by Crippen LogP contribution is 2.43. The lowest BCUT2D eigenvalue weighted by Gasteiger charge is -2.42. The molecule has 0 spiro atoms. The number of rotatable bonds is 8. The van der Waals surface area contributed by atoms with Crippen molar-refractivity contribution in [3.63, 3.8) is 0 Å². The second kappa shape index (κ2) is 8.62. The van der Waals surface area contributed by atoms with Crippen LogP contribution in [0.5, 0.6) is 0 Å². The lowest BCUT2D eigenvalue weighted by atomic mass is 9.64. The van der Waals surface area contributed by atoms with Gasteiger partial charge in [0.15, 0.2) is 0 Å². The van der Waals surface area contributed by atoms with Gasteiger partial charge in [0.1, 0.15) is 0 Å². The van der Waals surface area contributed by atoms with Gasteiger partial charge in [-0.1, -0.05) is 67.1 Å². The molecular weight excluding hydrogens is 360 g/mol. The van der Waals surface area contributed by atoms with Gasteiger partial charge in [0.25, 0.3) is 0 Å². The number of nitrogens with two attached hydrogens (primary N) is 1. The van der Waals surface area contributed by atoms with Crippen molar-refractivity contribution >= 4 is 5.91 Å². The average molecular weight is 389 g/mol. The minimum Gasteiger partial charge on any atom is -0.354 e. The Morgan fingerprint density at radius 1 is 1.10 bits per heavy atom. The van der Waals surface area contributed by atoms with Crippen LogP contribution in [0, 0.1) is 0 Å². The van der Waals surface area contributed by atoms with Crippen molar-refractivity contribution in [3.8, 4) is 0 Å². The molecule has 29 heavy (non-hydrogen) atoms. The fraction of sp³-hybridized carbons (Fsp3) is 0.333. The van der Waals surface area contributed by atoms with E-state index in [9.17, 15) is 4.79 Å². The standard InChI is InChI=1S/C24H28N4O/c25-22(14-21-16-28(18-27-21)15-19-8-3-1-4-9-19)23(29)26-17-24(12-7-13-24)20-10-5-2-6-11-20/h1-6,8-11,16,18,22H,7,12-15,17,25H2,(H,26,29)/t22-/m0/s1. The van der Waals surface area contributed by atoms with Crippen molar-refractivity contribution in [2.75, 3.05) is 6.54 Å². The average Bonchev–Trinajstić information content (AvgIpc) is 3.15. The van der Waals surface area contributed by atoms with Gasteiger partial charge in [0.2, 0.25) is 5.91 Å². The molecule has 150 valence electrons. The first kappa shape index (κ1) is 19.4. The molecule has 1 atom stereocenters.